The van der Waals surface area contributed by atoms with Gasteiger partial charge in [-0.25, -0.2) is 14.4 Å². The van der Waals surface area contributed by atoms with Gasteiger partial charge in [0.15, 0.2) is 0 Å². The number of aromatic nitrogens is 4. The Hall–Kier alpha value is -3.91. The van der Waals surface area contributed by atoms with Crippen LogP contribution in [-0.2, 0) is 20.0 Å². The summed E-state index contributed by atoms with van der Waals surface area (Å²) in [6, 6.07) is 12.1. The normalized spacial score (nSPS) is 13.9. The largest absolute Gasteiger partial charge is 0.330 e. The quantitative estimate of drug-likeness (QED) is 0.495. The molecule has 5 rings (SSSR count). The first-order chi connectivity index (χ1) is 16.0. The standard InChI is InChI=1S/C25H23FN6O/c1-31-24(23(13-30-31)19-11-28-15-29-12-19)17-5-6-22-18(9-17)14-32(25(22)33)21(10-27)8-16-3-2-4-20(26)7-16/h2-7,9,11-13,15,21H,8,10,14,27H2,1H3/t21-/m0/s1. The molecule has 1 atom stereocenters. The Morgan fingerprint density at radius 1 is 1.06 bits per heavy atom. The van der Waals surface area contributed by atoms with Crippen LogP contribution in [0.5, 0.6) is 0 Å². The van der Waals surface area contributed by atoms with Crippen LogP contribution in [0.3, 0.4) is 0 Å². The third-order valence-electron chi connectivity index (χ3n) is 6.09. The van der Waals surface area contributed by atoms with Crippen molar-refractivity contribution in [1.29, 1.82) is 0 Å². The topological polar surface area (TPSA) is 89.9 Å². The van der Waals surface area contributed by atoms with E-state index in [1.165, 1.54) is 18.5 Å². The lowest BCUT2D eigenvalue weighted by Crippen LogP contribution is -2.42. The van der Waals surface area contributed by atoms with Crippen molar-refractivity contribution in [1.82, 2.24) is 24.6 Å². The fraction of sp³-hybridized carbons (Fsp3) is 0.200. The maximum Gasteiger partial charge on any atom is 0.254 e. The van der Waals surface area contributed by atoms with Crippen molar-refractivity contribution in [3.8, 4) is 22.4 Å². The van der Waals surface area contributed by atoms with E-state index in [4.69, 9.17) is 5.73 Å². The molecule has 0 saturated carbocycles. The van der Waals surface area contributed by atoms with Gasteiger partial charge in [-0.2, -0.15) is 5.10 Å². The maximum atomic E-state index is 13.6. The molecule has 0 aliphatic carbocycles. The van der Waals surface area contributed by atoms with Gasteiger partial charge in [0, 0.05) is 60.8 Å². The van der Waals surface area contributed by atoms with Crippen LogP contribution in [0.15, 0.2) is 67.4 Å². The van der Waals surface area contributed by atoms with Crippen LogP contribution >= 0.6 is 0 Å². The Bertz CT molecular complexity index is 1320. The van der Waals surface area contributed by atoms with Crippen molar-refractivity contribution in [2.75, 3.05) is 6.54 Å². The Morgan fingerprint density at radius 2 is 1.88 bits per heavy atom. The van der Waals surface area contributed by atoms with Crippen LogP contribution in [0.2, 0.25) is 0 Å². The number of aryl methyl sites for hydroxylation is 1. The summed E-state index contributed by atoms with van der Waals surface area (Å²) in [7, 11) is 1.89. The molecule has 4 aromatic rings. The number of amides is 1. The molecule has 1 aliphatic rings. The Morgan fingerprint density at radius 3 is 2.64 bits per heavy atom. The molecule has 1 amide bonds. The highest BCUT2D eigenvalue weighted by atomic mass is 19.1. The van der Waals surface area contributed by atoms with Gasteiger partial charge in [-0.3, -0.25) is 9.48 Å². The molecule has 3 heterocycles. The number of halogens is 1. The molecule has 2 aromatic heterocycles. The zero-order valence-electron chi connectivity index (χ0n) is 18.1. The molecule has 2 N–H and O–H groups in total. The fourth-order valence-electron chi connectivity index (χ4n) is 4.47. The van der Waals surface area contributed by atoms with E-state index in [1.807, 2.05) is 36.0 Å². The van der Waals surface area contributed by atoms with Crippen molar-refractivity contribution in [3.05, 3.63) is 89.9 Å². The van der Waals surface area contributed by atoms with Gasteiger partial charge in [0.25, 0.3) is 5.91 Å². The van der Waals surface area contributed by atoms with E-state index < -0.39 is 0 Å². The summed E-state index contributed by atoms with van der Waals surface area (Å²) >= 11 is 0. The molecule has 0 unspecified atom stereocenters. The summed E-state index contributed by atoms with van der Waals surface area (Å²) in [6.45, 7) is 0.754. The fourth-order valence-corrected chi connectivity index (χ4v) is 4.47. The molecule has 1 aliphatic heterocycles. The number of hydrogen-bond donors (Lipinski definition) is 1. The van der Waals surface area contributed by atoms with E-state index in [9.17, 15) is 9.18 Å². The van der Waals surface area contributed by atoms with E-state index >= 15 is 0 Å². The van der Waals surface area contributed by atoms with Crippen LogP contribution in [0.25, 0.3) is 22.4 Å². The second-order valence-electron chi connectivity index (χ2n) is 8.19. The van der Waals surface area contributed by atoms with Crippen LogP contribution in [0.1, 0.15) is 21.5 Å². The van der Waals surface area contributed by atoms with Crippen molar-refractivity contribution in [2.24, 2.45) is 12.8 Å². The number of carbonyl (C=O) groups is 1. The molecule has 0 fully saturated rings. The van der Waals surface area contributed by atoms with Crippen LogP contribution in [0.4, 0.5) is 4.39 Å². The van der Waals surface area contributed by atoms with Crippen LogP contribution in [0, 0.1) is 5.82 Å². The Kier molecular flexibility index (Phi) is 5.43. The van der Waals surface area contributed by atoms with Gasteiger partial charge in [0.2, 0.25) is 0 Å². The molecule has 8 heteroatoms. The van der Waals surface area contributed by atoms with E-state index in [0.29, 0.717) is 25.1 Å². The summed E-state index contributed by atoms with van der Waals surface area (Å²) < 4.78 is 15.4. The predicted octanol–water partition coefficient (Wildman–Crippen LogP) is 3.21. The number of nitrogens with two attached hydrogens (primary N) is 1. The first-order valence-corrected chi connectivity index (χ1v) is 10.7. The van der Waals surface area contributed by atoms with Crippen molar-refractivity contribution in [3.63, 3.8) is 0 Å². The van der Waals surface area contributed by atoms with E-state index in [1.54, 1.807) is 29.6 Å². The molecular formula is C25H23FN6O. The highest BCUT2D eigenvalue weighted by Crippen LogP contribution is 2.34. The molecule has 0 spiro atoms. The number of benzene rings is 2. The summed E-state index contributed by atoms with van der Waals surface area (Å²) in [5, 5.41) is 4.42. The minimum Gasteiger partial charge on any atom is -0.330 e. The van der Waals surface area contributed by atoms with Gasteiger partial charge in [0.05, 0.1) is 11.9 Å². The zero-order chi connectivity index (χ0) is 22.9. The van der Waals surface area contributed by atoms with E-state index in [0.717, 1.165) is 33.5 Å². The summed E-state index contributed by atoms with van der Waals surface area (Å²) in [4.78, 5) is 23.2. The van der Waals surface area contributed by atoms with Gasteiger partial charge >= 0.3 is 0 Å². The Labute approximate surface area is 190 Å². The average molecular weight is 442 g/mol. The lowest BCUT2D eigenvalue weighted by molar-refractivity contribution is 0.0708. The van der Waals surface area contributed by atoms with Crippen LogP contribution in [-0.4, -0.2) is 43.1 Å². The van der Waals surface area contributed by atoms with Gasteiger partial charge < -0.3 is 10.6 Å². The van der Waals surface area contributed by atoms with Crippen molar-refractivity contribution in [2.45, 2.75) is 19.0 Å². The first kappa shape index (κ1) is 21.0. The summed E-state index contributed by atoms with van der Waals surface area (Å²) in [6.07, 6.45) is 7.30. The molecule has 0 bridgehead atoms. The van der Waals surface area contributed by atoms with Crippen LogP contribution < -0.4 is 5.73 Å². The lowest BCUT2D eigenvalue weighted by atomic mass is 10.00. The number of carbonyl (C=O) groups excluding carboxylic acids is 1. The molecule has 2 aromatic carbocycles. The molecular weight excluding hydrogens is 419 g/mol. The third-order valence-corrected chi connectivity index (χ3v) is 6.09. The van der Waals surface area contributed by atoms with Gasteiger partial charge in [-0.1, -0.05) is 18.2 Å². The number of hydrogen-bond acceptors (Lipinski definition) is 5. The first-order valence-electron chi connectivity index (χ1n) is 10.7. The number of fused-ring (bicyclic) bond motifs is 1. The van der Waals surface area contributed by atoms with Gasteiger partial charge in [-0.15, -0.1) is 0 Å². The van der Waals surface area contributed by atoms with Gasteiger partial charge in [0.1, 0.15) is 12.1 Å². The molecule has 33 heavy (non-hydrogen) atoms. The molecule has 0 saturated heterocycles. The second-order valence-corrected chi connectivity index (χ2v) is 8.19. The SMILES string of the molecule is Cn1ncc(-c2cncnc2)c1-c1ccc2c(c1)CN([C@H](CN)Cc1cccc(F)c1)C2=O. The summed E-state index contributed by atoms with van der Waals surface area (Å²) in [5.41, 5.74) is 12.1. The summed E-state index contributed by atoms with van der Waals surface area (Å²) in [5.74, 6) is -0.343. The lowest BCUT2D eigenvalue weighted by Gasteiger charge is -2.26. The monoisotopic (exact) mass is 442 g/mol. The zero-order valence-corrected chi connectivity index (χ0v) is 18.1. The smallest absolute Gasteiger partial charge is 0.254 e. The van der Waals surface area contributed by atoms with E-state index in [2.05, 4.69) is 15.1 Å². The maximum absolute atomic E-state index is 13.6. The third kappa shape index (κ3) is 3.89. The second kappa shape index (κ2) is 8.55. The number of rotatable bonds is 6. The minimum absolute atomic E-state index is 0.0508. The molecule has 166 valence electrons. The number of nitrogens with zero attached hydrogens (tertiary/aromatic N) is 5. The van der Waals surface area contributed by atoms with Gasteiger partial charge in [-0.05, 0) is 41.8 Å². The predicted molar refractivity (Wildman–Crippen MR) is 122 cm³/mol. The average Bonchev–Trinajstić information content (AvgIpc) is 3.37. The minimum atomic E-state index is -0.292. The Balaban J connectivity index is 1.45. The van der Waals surface area contributed by atoms with E-state index in [-0.39, 0.29) is 17.8 Å². The molecule has 0 radical (unpaired) electrons. The van der Waals surface area contributed by atoms with Crippen molar-refractivity contribution < 1.29 is 9.18 Å². The molecule has 7 nitrogen and oxygen atoms in total. The highest BCUT2D eigenvalue weighted by Gasteiger charge is 2.32. The van der Waals surface area contributed by atoms with Crippen molar-refractivity contribution >= 4 is 5.91 Å². The highest BCUT2D eigenvalue weighted by molar-refractivity contribution is 5.99.